The standard InChI is InChI=1S/C31H31NO8/c1-20(29(35)23-14-18-26(38-3)19-15-23)39-28(34)11-7-10-27(33)32-25-16-12-24(13-17-25)31(37)40-21(2)30(36)22-8-5-4-6-9-22/h4-6,8-9,12-21H,7,10-11H2,1-3H3,(H,32,33)/t20-,21-/m1/s1. The lowest BCUT2D eigenvalue weighted by atomic mass is 10.1. The van der Waals surface area contributed by atoms with Gasteiger partial charge in [0.2, 0.25) is 17.5 Å². The van der Waals surface area contributed by atoms with E-state index in [0.29, 0.717) is 22.6 Å². The molecule has 0 saturated carbocycles. The van der Waals surface area contributed by atoms with Crippen LogP contribution < -0.4 is 10.1 Å². The molecule has 0 aromatic heterocycles. The van der Waals surface area contributed by atoms with E-state index in [9.17, 15) is 24.0 Å². The number of methoxy groups -OCH3 is 1. The van der Waals surface area contributed by atoms with Crippen molar-refractivity contribution in [3.05, 3.63) is 95.6 Å². The Hall–Kier alpha value is -4.79. The van der Waals surface area contributed by atoms with Crippen LogP contribution in [0.25, 0.3) is 0 Å². The topological polar surface area (TPSA) is 125 Å². The second-order valence-corrected chi connectivity index (χ2v) is 8.98. The van der Waals surface area contributed by atoms with Gasteiger partial charge in [-0.25, -0.2) is 4.79 Å². The van der Waals surface area contributed by atoms with Gasteiger partial charge in [0, 0.05) is 29.7 Å². The van der Waals surface area contributed by atoms with Crippen molar-refractivity contribution in [1.82, 2.24) is 0 Å². The molecule has 1 N–H and O–H groups in total. The fraction of sp³-hybridized carbons (Fsp3) is 0.258. The zero-order valence-electron chi connectivity index (χ0n) is 22.5. The van der Waals surface area contributed by atoms with Gasteiger partial charge in [0.1, 0.15) is 5.75 Å². The van der Waals surface area contributed by atoms with E-state index in [4.69, 9.17) is 14.2 Å². The number of amides is 1. The van der Waals surface area contributed by atoms with Gasteiger partial charge in [-0.05, 0) is 68.8 Å². The van der Waals surface area contributed by atoms with Crippen LogP contribution in [-0.4, -0.2) is 48.7 Å². The zero-order chi connectivity index (χ0) is 29.1. The van der Waals surface area contributed by atoms with Gasteiger partial charge in [0.15, 0.2) is 12.2 Å². The lowest BCUT2D eigenvalue weighted by Gasteiger charge is -2.13. The van der Waals surface area contributed by atoms with Gasteiger partial charge in [-0.15, -0.1) is 0 Å². The Labute approximate surface area is 232 Å². The number of ether oxygens (including phenoxy) is 3. The van der Waals surface area contributed by atoms with Crippen molar-refractivity contribution in [2.75, 3.05) is 12.4 Å². The maximum atomic E-state index is 12.4. The van der Waals surface area contributed by atoms with Crippen LogP contribution in [-0.2, 0) is 19.1 Å². The first-order valence-corrected chi connectivity index (χ1v) is 12.8. The molecule has 1 amide bonds. The molecule has 208 valence electrons. The molecule has 3 aromatic rings. The van der Waals surface area contributed by atoms with Crippen LogP contribution >= 0.6 is 0 Å². The van der Waals surface area contributed by atoms with E-state index >= 15 is 0 Å². The molecule has 2 atom stereocenters. The summed E-state index contributed by atoms with van der Waals surface area (Å²) < 4.78 is 15.6. The maximum Gasteiger partial charge on any atom is 0.338 e. The highest BCUT2D eigenvalue weighted by atomic mass is 16.5. The molecule has 0 heterocycles. The molecule has 0 aliphatic rings. The molecule has 0 aliphatic carbocycles. The van der Waals surface area contributed by atoms with Crippen molar-refractivity contribution in [3.63, 3.8) is 0 Å². The van der Waals surface area contributed by atoms with Crippen LogP contribution in [0.1, 0.15) is 64.2 Å². The van der Waals surface area contributed by atoms with Gasteiger partial charge in [-0.3, -0.25) is 19.2 Å². The third-order valence-corrected chi connectivity index (χ3v) is 5.95. The second kappa shape index (κ2) is 14.4. The molecule has 3 aromatic carbocycles. The van der Waals surface area contributed by atoms with E-state index in [-0.39, 0.29) is 42.3 Å². The molecular formula is C31H31NO8. The Balaban J connectivity index is 1.39. The molecule has 0 aliphatic heterocycles. The number of hydrogen-bond acceptors (Lipinski definition) is 8. The number of hydrogen-bond donors (Lipinski definition) is 1. The van der Waals surface area contributed by atoms with Crippen molar-refractivity contribution >= 4 is 35.1 Å². The minimum Gasteiger partial charge on any atom is -0.497 e. The minimum absolute atomic E-state index is 0.0294. The number of ketones is 2. The van der Waals surface area contributed by atoms with Crippen LogP contribution in [0.3, 0.4) is 0 Å². The average molecular weight is 546 g/mol. The van der Waals surface area contributed by atoms with Crippen molar-refractivity contribution in [1.29, 1.82) is 0 Å². The summed E-state index contributed by atoms with van der Waals surface area (Å²) in [6.45, 7) is 3.01. The fourth-order valence-electron chi connectivity index (χ4n) is 3.73. The lowest BCUT2D eigenvalue weighted by Crippen LogP contribution is -2.24. The monoisotopic (exact) mass is 545 g/mol. The Morgan fingerprint density at radius 2 is 1.23 bits per heavy atom. The van der Waals surface area contributed by atoms with E-state index < -0.39 is 24.1 Å². The normalized spacial score (nSPS) is 12.0. The maximum absolute atomic E-state index is 12.4. The molecule has 9 nitrogen and oxygen atoms in total. The van der Waals surface area contributed by atoms with E-state index in [1.165, 1.54) is 33.1 Å². The van der Waals surface area contributed by atoms with Crippen molar-refractivity contribution in [3.8, 4) is 5.75 Å². The SMILES string of the molecule is COc1ccc(C(=O)[C@@H](C)OC(=O)CCCC(=O)Nc2ccc(C(=O)O[C@H](C)C(=O)c3ccccc3)cc2)cc1. The van der Waals surface area contributed by atoms with Crippen LogP contribution in [0, 0.1) is 0 Å². The first-order valence-electron chi connectivity index (χ1n) is 12.8. The summed E-state index contributed by atoms with van der Waals surface area (Å²) in [5, 5.41) is 2.69. The van der Waals surface area contributed by atoms with Crippen LogP contribution in [0.4, 0.5) is 5.69 Å². The highest BCUT2D eigenvalue weighted by Crippen LogP contribution is 2.16. The van der Waals surface area contributed by atoms with Gasteiger partial charge >= 0.3 is 11.9 Å². The summed E-state index contributed by atoms with van der Waals surface area (Å²) >= 11 is 0. The van der Waals surface area contributed by atoms with Crippen LogP contribution in [0.5, 0.6) is 5.75 Å². The Bertz CT molecular complexity index is 1330. The van der Waals surface area contributed by atoms with Crippen molar-refractivity contribution in [2.24, 2.45) is 0 Å². The third-order valence-electron chi connectivity index (χ3n) is 5.95. The summed E-state index contributed by atoms with van der Waals surface area (Å²) in [6, 6.07) is 21.1. The number of rotatable bonds is 13. The number of anilines is 1. The van der Waals surface area contributed by atoms with E-state index in [1.54, 1.807) is 66.7 Å². The zero-order valence-corrected chi connectivity index (χ0v) is 22.5. The predicted octanol–water partition coefficient (Wildman–Crippen LogP) is 5.05. The Kier molecular flexibility index (Phi) is 10.7. The number of benzene rings is 3. The van der Waals surface area contributed by atoms with E-state index in [1.807, 2.05) is 0 Å². The molecule has 0 fully saturated rings. The second-order valence-electron chi connectivity index (χ2n) is 8.98. The summed E-state index contributed by atoms with van der Waals surface area (Å²) in [6.07, 6.45) is -1.66. The Morgan fingerprint density at radius 3 is 1.82 bits per heavy atom. The molecule has 3 rings (SSSR count). The minimum atomic E-state index is -0.959. The number of esters is 2. The van der Waals surface area contributed by atoms with Gasteiger partial charge in [0.25, 0.3) is 0 Å². The molecule has 0 saturated heterocycles. The summed E-state index contributed by atoms with van der Waals surface area (Å²) in [7, 11) is 1.52. The first-order chi connectivity index (χ1) is 19.2. The predicted molar refractivity (Wildman–Crippen MR) is 147 cm³/mol. The van der Waals surface area contributed by atoms with Gasteiger partial charge in [-0.1, -0.05) is 30.3 Å². The van der Waals surface area contributed by atoms with Gasteiger partial charge in [-0.2, -0.15) is 0 Å². The molecule has 0 spiro atoms. The molecule has 0 unspecified atom stereocenters. The molecular weight excluding hydrogens is 514 g/mol. The molecule has 9 heteroatoms. The first kappa shape index (κ1) is 29.8. The summed E-state index contributed by atoms with van der Waals surface area (Å²) in [5.41, 5.74) is 1.53. The van der Waals surface area contributed by atoms with Crippen LogP contribution in [0.2, 0.25) is 0 Å². The Morgan fingerprint density at radius 1 is 0.675 bits per heavy atom. The number of carbonyl (C=O) groups excluding carboxylic acids is 5. The number of Topliss-reactive ketones (excluding diaryl/α,β-unsaturated/α-hetero) is 2. The molecule has 0 bridgehead atoms. The smallest absolute Gasteiger partial charge is 0.338 e. The number of nitrogens with one attached hydrogen (secondary N) is 1. The van der Waals surface area contributed by atoms with E-state index in [2.05, 4.69) is 5.32 Å². The highest BCUT2D eigenvalue weighted by molar-refractivity contribution is 6.02. The average Bonchev–Trinajstić information content (AvgIpc) is 2.97. The fourth-order valence-corrected chi connectivity index (χ4v) is 3.73. The van der Waals surface area contributed by atoms with Crippen molar-refractivity contribution in [2.45, 2.75) is 45.3 Å². The highest BCUT2D eigenvalue weighted by Gasteiger charge is 2.21. The third kappa shape index (κ3) is 8.62. The van der Waals surface area contributed by atoms with Crippen molar-refractivity contribution < 1.29 is 38.2 Å². The van der Waals surface area contributed by atoms with Gasteiger partial charge < -0.3 is 19.5 Å². The van der Waals surface area contributed by atoms with E-state index in [0.717, 1.165) is 0 Å². The van der Waals surface area contributed by atoms with Crippen LogP contribution in [0.15, 0.2) is 78.9 Å². The summed E-state index contributed by atoms with van der Waals surface area (Å²) in [4.78, 5) is 61.7. The molecule has 40 heavy (non-hydrogen) atoms. The number of carbonyl (C=O) groups is 5. The largest absolute Gasteiger partial charge is 0.497 e. The van der Waals surface area contributed by atoms with Gasteiger partial charge in [0.05, 0.1) is 12.7 Å². The quantitative estimate of drug-likeness (QED) is 0.234. The lowest BCUT2D eigenvalue weighted by molar-refractivity contribution is -0.146. The molecule has 0 radical (unpaired) electrons. The summed E-state index contributed by atoms with van der Waals surface area (Å²) in [5.74, 6) is -1.59.